The van der Waals surface area contributed by atoms with E-state index >= 15 is 0 Å². The molecule has 2 aliphatic carbocycles. The molecule has 2 aliphatic rings. The van der Waals surface area contributed by atoms with Gasteiger partial charge in [0.1, 0.15) is 0 Å². The van der Waals surface area contributed by atoms with Crippen LogP contribution in [0, 0.1) is 17.8 Å². The molecule has 0 heterocycles. The molecule has 1 aromatic carbocycles. The fourth-order valence-electron chi connectivity index (χ4n) is 3.17. The van der Waals surface area contributed by atoms with Crippen LogP contribution in [0.5, 0.6) is 0 Å². The van der Waals surface area contributed by atoms with E-state index in [1.165, 1.54) is 43.4 Å². The topological polar surface area (TPSA) is 12.0 Å². The minimum Gasteiger partial charge on any atom is -0.312 e. The number of hydrogen-bond donors (Lipinski definition) is 1. The summed E-state index contributed by atoms with van der Waals surface area (Å²) >= 11 is 0. The largest absolute Gasteiger partial charge is 0.312 e. The fraction of sp³-hybridized carbons (Fsp3) is 0.667. The summed E-state index contributed by atoms with van der Waals surface area (Å²) < 4.78 is 0. The molecule has 1 nitrogen and oxygen atoms in total. The lowest BCUT2D eigenvalue weighted by Gasteiger charge is -2.16. The molecule has 0 amide bonds. The van der Waals surface area contributed by atoms with Crippen molar-refractivity contribution >= 4 is 0 Å². The molecule has 0 spiro atoms. The van der Waals surface area contributed by atoms with E-state index in [1.807, 2.05) is 0 Å². The average molecular weight is 257 g/mol. The highest BCUT2D eigenvalue weighted by Crippen LogP contribution is 2.48. The van der Waals surface area contributed by atoms with Crippen molar-refractivity contribution in [1.82, 2.24) is 5.32 Å². The predicted molar refractivity (Wildman–Crippen MR) is 81.2 cm³/mol. The molecule has 0 radical (unpaired) electrons. The Morgan fingerprint density at radius 1 is 1.00 bits per heavy atom. The molecule has 2 fully saturated rings. The summed E-state index contributed by atoms with van der Waals surface area (Å²) in [5, 5.41) is 3.69. The van der Waals surface area contributed by atoms with Gasteiger partial charge in [-0.1, -0.05) is 38.1 Å². The summed E-state index contributed by atoms with van der Waals surface area (Å²) in [5.74, 6) is 3.73. The van der Waals surface area contributed by atoms with E-state index in [2.05, 4.69) is 43.4 Å². The van der Waals surface area contributed by atoms with Gasteiger partial charge in [0, 0.05) is 6.54 Å². The Bertz CT molecular complexity index is 386. The molecule has 0 aliphatic heterocycles. The first-order valence-corrected chi connectivity index (χ1v) is 8.03. The van der Waals surface area contributed by atoms with E-state index in [0.29, 0.717) is 5.92 Å². The summed E-state index contributed by atoms with van der Waals surface area (Å²) in [6.07, 6.45) is 5.97. The van der Waals surface area contributed by atoms with Gasteiger partial charge in [-0.2, -0.15) is 0 Å². The Morgan fingerprint density at radius 3 is 2.05 bits per heavy atom. The van der Waals surface area contributed by atoms with Crippen LogP contribution >= 0.6 is 0 Å². The fourth-order valence-corrected chi connectivity index (χ4v) is 3.17. The Labute approximate surface area is 117 Å². The third-order valence-electron chi connectivity index (χ3n) is 4.81. The Morgan fingerprint density at radius 2 is 1.58 bits per heavy atom. The smallest absolute Gasteiger partial charge is 0.0205 e. The second-order valence-corrected chi connectivity index (χ2v) is 6.87. The second-order valence-electron chi connectivity index (χ2n) is 6.87. The van der Waals surface area contributed by atoms with E-state index in [4.69, 9.17) is 0 Å². The zero-order chi connectivity index (χ0) is 13.2. The van der Waals surface area contributed by atoms with Crippen LogP contribution in [0.3, 0.4) is 0 Å². The monoisotopic (exact) mass is 257 g/mol. The van der Waals surface area contributed by atoms with Gasteiger partial charge in [-0.25, -0.2) is 0 Å². The van der Waals surface area contributed by atoms with Gasteiger partial charge < -0.3 is 5.32 Å². The van der Waals surface area contributed by atoms with Gasteiger partial charge in [0.15, 0.2) is 0 Å². The molecule has 1 heteroatoms. The molecule has 2 saturated carbocycles. The van der Waals surface area contributed by atoms with E-state index in [1.54, 1.807) is 0 Å². The standard InChI is InChI=1S/C18H27N/c1-13(2)15-5-3-14(4-6-15)11-19-12-18(16-7-8-16)17-9-10-17/h3-6,13,16-19H,7-12H2,1-2H3. The van der Waals surface area contributed by atoms with Crippen molar-refractivity contribution in [1.29, 1.82) is 0 Å². The van der Waals surface area contributed by atoms with Crippen molar-refractivity contribution in [2.45, 2.75) is 52.0 Å². The van der Waals surface area contributed by atoms with Gasteiger partial charge in [0.25, 0.3) is 0 Å². The maximum absolute atomic E-state index is 3.69. The Balaban J connectivity index is 1.46. The van der Waals surface area contributed by atoms with Crippen molar-refractivity contribution in [2.24, 2.45) is 17.8 Å². The van der Waals surface area contributed by atoms with Gasteiger partial charge in [0.05, 0.1) is 0 Å². The van der Waals surface area contributed by atoms with Crippen molar-refractivity contribution in [3.05, 3.63) is 35.4 Å². The predicted octanol–water partition coefficient (Wildman–Crippen LogP) is 4.34. The summed E-state index contributed by atoms with van der Waals surface area (Å²) in [5.41, 5.74) is 2.87. The molecule has 3 rings (SSSR count). The minimum absolute atomic E-state index is 0.635. The Kier molecular flexibility index (Phi) is 3.93. The molecular weight excluding hydrogens is 230 g/mol. The van der Waals surface area contributed by atoms with Crippen LogP contribution in [0.25, 0.3) is 0 Å². The molecule has 1 N–H and O–H groups in total. The summed E-state index contributed by atoms with van der Waals surface area (Å²) in [6.45, 7) is 6.78. The van der Waals surface area contributed by atoms with E-state index in [-0.39, 0.29) is 0 Å². The quantitative estimate of drug-likeness (QED) is 0.766. The van der Waals surface area contributed by atoms with Gasteiger partial charge in [-0.3, -0.25) is 0 Å². The molecule has 0 saturated heterocycles. The zero-order valence-electron chi connectivity index (χ0n) is 12.4. The molecule has 104 valence electrons. The van der Waals surface area contributed by atoms with Gasteiger partial charge in [0.2, 0.25) is 0 Å². The lowest BCUT2D eigenvalue weighted by molar-refractivity contribution is 0.378. The van der Waals surface area contributed by atoms with Crippen LogP contribution < -0.4 is 5.32 Å². The van der Waals surface area contributed by atoms with Crippen molar-refractivity contribution < 1.29 is 0 Å². The molecule has 0 unspecified atom stereocenters. The van der Waals surface area contributed by atoms with Crippen LogP contribution in [0.15, 0.2) is 24.3 Å². The first kappa shape index (κ1) is 13.2. The maximum atomic E-state index is 3.69. The maximum Gasteiger partial charge on any atom is 0.0205 e. The first-order chi connectivity index (χ1) is 9.24. The molecule has 0 bridgehead atoms. The number of benzene rings is 1. The van der Waals surface area contributed by atoms with E-state index in [9.17, 15) is 0 Å². The highest BCUT2D eigenvalue weighted by molar-refractivity contribution is 5.24. The third kappa shape index (κ3) is 3.60. The number of rotatable bonds is 7. The summed E-state index contributed by atoms with van der Waals surface area (Å²) in [6, 6.07) is 9.12. The van der Waals surface area contributed by atoms with Crippen LogP contribution in [-0.2, 0) is 6.54 Å². The normalized spacial score (nSPS) is 19.4. The van der Waals surface area contributed by atoms with E-state index < -0.39 is 0 Å². The summed E-state index contributed by atoms with van der Waals surface area (Å²) in [4.78, 5) is 0. The SMILES string of the molecule is CC(C)c1ccc(CNCC(C2CC2)C2CC2)cc1. The van der Waals surface area contributed by atoms with Crippen molar-refractivity contribution in [3.63, 3.8) is 0 Å². The first-order valence-electron chi connectivity index (χ1n) is 8.03. The van der Waals surface area contributed by atoms with Crippen LogP contribution in [0.4, 0.5) is 0 Å². The second kappa shape index (κ2) is 5.66. The Hall–Kier alpha value is -0.820. The minimum atomic E-state index is 0.635. The van der Waals surface area contributed by atoms with Gasteiger partial charge >= 0.3 is 0 Å². The highest BCUT2D eigenvalue weighted by atomic mass is 14.9. The third-order valence-corrected chi connectivity index (χ3v) is 4.81. The lowest BCUT2D eigenvalue weighted by atomic mass is 9.97. The van der Waals surface area contributed by atoms with Gasteiger partial charge in [-0.05, 0) is 67.0 Å². The number of hydrogen-bond acceptors (Lipinski definition) is 1. The van der Waals surface area contributed by atoms with Crippen LogP contribution in [0.2, 0.25) is 0 Å². The van der Waals surface area contributed by atoms with Crippen molar-refractivity contribution in [3.8, 4) is 0 Å². The van der Waals surface area contributed by atoms with Crippen LogP contribution in [0.1, 0.15) is 56.6 Å². The highest BCUT2D eigenvalue weighted by Gasteiger charge is 2.40. The average Bonchev–Trinajstić information content (AvgIpc) is 3.28. The molecule has 1 aromatic rings. The molecule has 19 heavy (non-hydrogen) atoms. The van der Waals surface area contributed by atoms with E-state index in [0.717, 1.165) is 24.3 Å². The number of nitrogens with one attached hydrogen (secondary N) is 1. The molecule has 0 aromatic heterocycles. The molecular formula is C18H27N. The molecule has 0 atom stereocenters. The lowest BCUT2D eigenvalue weighted by Crippen LogP contribution is -2.25. The zero-order valence-corrected chi connectivity index (χ0v) is 12.4. The van der Waals surface area contributed by atoms with Crippen LogP contribution in [-0.4, -0.2) is 6.54 Å². The summed E-state index contributed by atoms with van der Waals surface area (Å²) in [7, 11) is 0. The van der Waals surface area contributed by atoms with Crippen molar-refractivity contribution in [2.75, 3.05) is 6.54 Å². The van der Waals surface area contributed by atoms with Gasteiger partial charge in [-0.15, -0.1) is 0 Å².